The Balaban J connectivity index is 1.24. The third-order valence-electron chi connectivity index (χ3n) is 7.18. The van der Waals surface area contributed by atoms with Crippen molar-refractivity contribution >= 4 is 63.3 Å². The summed E-state index contributed by atoms with van der Waals surface area (Å²) >= 11 is 0. The number of guanidine groups is 1. The number of nitrogens with two attached hydrogens (primary N) is 2. The van der Waals surface area contributed by atoms with E-state index in [-0.39, 0.29) is 69.9 Å². The Hall–Kier alpha value is -6.85. The zero-order valence-corrected chi connectivity index (χ0v) is 25.9. The maximum atomic E-state index is 13.2. The Labute approximate surface area is 271 Å². The molecule has 0 fully saturated rings. The van der Waals surface area contributed by atoms with Crippen LogP contribution in [-0.2, 0) is 21.1 Å². The first kappa shape index (κ1) is 32.5. The van der Waals surface area contributed by atoms with Crippen LogP contribution in [0.5, 0.6) is 0 Å². The summed E-state index contributed by atoms with van der Waals surface area (Å²) in [6.45, 7) is 0.368. The quantitative estimate of drug-likeness (QED) is 0.0399. The average molecular weight is 658 g/mol. The molecule has 5 aromatic rings. The molecule has 248 valence electrons. The lowest BCUT2D eigenvalue weighted by Crippen LogP contribution is -2.30. The van der Waals surface area contributed by atoms with Crippen molar-refractivity contribution in [1.82, 2.24) is 19.0 Å². The highest BCUT2D eigenvalue weighted by atomic mass is 16.6. The van der Waals surface area contributed by atoms with Crippen molar-refractivity contribution in [3.63, 3.8) is 0 Å². The second kappa shape index (κ2) is 13.3. The number of hydrogen-bond acceptors (Lipinski definition) is 8. The molecular formula is C30H31N11O7. The molecule has 1 aromatic carbocycles. The first-order chi connectivity index (χ1) is 22.8. The van der Waals surface area contributed by atoms with Crippen molar-refractivity contribution in [1.29, 1.82) is 0 Å². The van der Waals surface area contributed by atoms with E-state index in [1.165, 1.54) is 51.7 Å². The molecule has 8 N–H and O–H groups in total. The fraction of sp³-hybridized carbons (Fsp3) is 0.167. The Bertz CT molecular complexity index is 2110. The number of nitro benzene ring substituents is 1. The molecular weight excluding hydrogens is 626 g/mol. The predicted octanol–water partition coefficient (Wildman–Crippen LogP) is 2.12. The monoisotopic (exact) mass is 657 g/mol. The molecule has 0 atom stereocenters. The number of nitrogens with zero attached hydrogens (tertiary/aromatic N) is 5. The molecule has 4 amide bonds. The summed E-state index contributed by atoms with van der Waals surface area (Å²) in [6.07, 6.45) is 4.67. The molecule has 0 bridgehead atoms. The second-order valence-electron chi connectivity index (χ2n) is 10.6. The molecule has 5 rings (SSSR count). The number of nitro groups is 1. The highest BCUT2D eigenvalue weighted by Gasteiger charge is 2.22. The lowest BCUT2D eigenvalue weighted by atomic mass is 10.2. The van der Waals surface area contributed by atoms with E-state index < -0.39 is 28.6 Å². The van der Waals surface area contributed by atoms with E-state index in [0.717, 1.165) is 0 Å². The number of non-ortho nitro benzene ring substituents is 1. The normalized spacial score (nSPS) is 10.8. The molecule has 0 aliphatic carbocycles. The van der Waals surface area contributed by atoms with Crippen molar-refractivity contribution in [2.45, 2.75) is 0 Å². The van der Waals surface area contributed by atoms with Gasteiger partial charge in [-0.3, -0.25) is 34.3 Å². The van der Waals surface area contributed by atoms with Crippen LogP contribution >= 0.6 is 0 Å². The van der Waals surface area contributed by atoms with E-state index in [4.69, 9.17) is 15.9 Å². The van der Waals surface area contributed by atoms with Gasteiger partial charge >= 0.3 is 0 Å². The fourth-order valence-electron chi connectivity index (χ4n) is 4.96. The van der Waals surface area contributed by atoms with Crippen LogP contribution in [0.3, 0.4) is 0 Å². The van der Waals surface area contributed by atoms with Crippen molar-refractivity contribution in [3.8, 4) is 0 Å². The number of nitrogens with one attached hydrogen (secondary N) is 4. The number of hydrogen-bond donors (Lipinski definition) is 6. The van der Waals surface area contributed by atoms with Gasteiger partial charge in [0, 0.05) is 58.4 Å². The van der Waals surface area contributed by atoms with E-state index in [2.05, 4.69) is 26.3 Å². The lowest BCUT2D eigenvalue weighted by Gasteiger charge is -2.10. The summed E-state index contributed by atoms with van der Waals surface area (Å²) in [5.74, 6) is -2.40. The maximum absolute atomic E-state index is 13.2. The number of carbonyl (C=O) groups excluding carboxylic acids is 4. The van der Waals surface area contributed by atoms with Crippen molar-refractivity contribution in [2.24, 2.45) is 37.6 Å². The third kappa shape index (κ3) is 6.86. The highest BCUT2D eigenvalue weighted by Crippen LogP contribution is 2.29. The average Bonchev–Trinajstić information content (AvgIpc) is 3.80. The van der Waals surface area contributed by atoms with Crippen molar-refractivity contribution in [2.75, 3.05) is 29.0 Å². The number of rotatable bonds is 11. The zero-order chi connectivity index (χ0) is 34.7. The molecule has 0 spiro atoms. The maximum Gasteiger partial charge on any atom is 0.291 e. The van der Waals surface area contributed by atoms with Crippen LogP contribution in [-0.4, -0.2) is 61.3 Å². The predicted molar refractivity (Wildman–Crippen MR) is 176 cm³/mol. The minimum Gasteiger partial charge on any atom is -0.451 e. The molecule has 0 saturated carbocycles. The van der Waals surface area contributed by atoms with E-state index >= 15 is 0 Å². The summed E-state index contributed by atoms with van der Waals surface area (Å²) in [5.41, 5.74) is 12.0. The van der Waals surface area contributed by atoms with Gasteiger partial charge in [0.25, 0.3) is 29.3 Å². The smallest absolute Gasteiger partial charge is 0.291 e. The van der Waals surface area contributed by atoms with Crippen LogP contribution in [0.4, 0.5) is 22.7 Å². The Kier molecular flexibility index (Phi) is 8.98. The molecule has 0 aliphatic rings. The molecule has 48 heavy (non-hydrogen) atoms. The topological polar surface area (TPSA) is 252 Å². The molecule has 4 heterocycles. The van der Waals surface area contributed by atoms with Crippen LogP contribution in [0.15, 0.2) is 70.5 Å². The van der Waals surface area contributed by atoms with Gasteiger partial charge in [-0.05, 0) is 24.3 Å². The van der Waals surface area contributed by atoms with Crippen LogP contribution in [0, 0.1) is 10.1 Å². The van der Waals surface area contributed by atoms with Crippen LogP contribution in [0.25, 0.3) is 11.0 Å². The Morgan fingerprint density at radius 3 is 2.10 bits per heavy atom. The largest absolute Gasteiger partial charge is 0.451 e. The highest BCUT2D eigenvalue weighted by molar-refractivity contribution is 6.10. The van der Waals surface area contributed by atoms with Gasteiger partial charge in [-0.15, -0.1) is 0 Å². The summed E-state index contributed by atoms with van der Waals surface area (Å²) in [4.78, 5) is 66.6. The minimum absolute atomic E-state index is 0.0934. The SMILES string of the molecule is Cn1cc(NC(=O)c2cc3c([N+](=O)[O-])cccc3o2)cc1C(=O)Nc1cc(C(=O)Nc2ccn(C)c2C(=O)NCCN=C(N)N)n(C)c1. The number of anilines is 3. The van der Waals surface area contributed by atoms with E-state index in [1.807, 2.05) is 0 Å². The third-order valence-corrected chi connectivity index (χ3v) is 7.18. The Morgan fingerprint density at radius 2 is 1.48 bits per heavy atom. The second-order valence-corrected chi connectivity index (χ2v) is 10.6. The first-order valence-electron chi connectivity index (χ1n) is 14.2. The van der Waals surface area contributed by atoms with Crippen molar-refractivity contribution < 1.29 is 28.5 Å². The fourth-order valence-corrected chi connectivity index (χ4v) is 4.96. The number of benzene rings is 1. The Morgan fingerprint density at radius 1 is 0.854 bits per heavy atom. The summed E-state index contributed by atoms with van der Waals surface area (Å²) in [6, 6.07) is 10.1. The van der Waals surface area contributed by atoms with Gasteiger partial charge in [0.1, 0.15) is 22.7 Å². The summed E-state index contributed by atoms with van der Waals surface area (Å²) < 4.78 is 10.1. The zero-order valence-electron chi connectivity index (χ0n) is 25.9. The molecule has 0 unspecified atom stereocenters. The van der Waals surface area contributed by atoms with Gasteiger partial charge in [-0.2, -0.15) is 0 Å². The number of carbonyl (C=O) groups is 4. The number of aromatic nitrogens is 3. The number of aryl methyl sites for hydroxylation is 3. The lowest BCUT2D eigenvalue weighted by molar-refractivity contribution is -0.383. The first-order valence-corrected chi connectivity index (χ1v) is 14.2. The molecule has 0 radical (unpaired) electrons. The summed E-state index contributed by atoms with van der Waals surface area (Å²) in [5, 5.41) is 22.3. The molecule has 18 nitrogen and oxygen atoms in total. The number of amides is 4. The molecule has 18 heteroatoms. The number of fused-ring (bicyclic) bond motifs is 1. The van der Waals surface area contributed by atoms with Crippen LogP contribution in [0.2, 0.25) is 0 Å². The minimum atomic E-state index is -0.665. The van der Waals surface area contributed by atoms with Crippen LogP contribution < -0.4 is 32.7 Å². The van der Waals surface area contributed by atoms with Gasteiger partial charge < -0.3 is 50.9 Å². The van der Waals surface area contributed by atoms with Gasteiger partial charge in [0.2, 0.25) is 0 Å². The number of aliphatic imine (C=N–C) groups is 1. The molecule has 0 saturated heterocycles. The van der Waals surface area contributed by atoms with Crippen molar-refractivity contribution in [3.05, 3.63) is 94.0 Å². The van der Waals surface area contributed by atoms with Gasteiger partial charge in [-0.1, -0.05) is 6.07 Å². The standard InChI is InChI=1S/C30H31N11O7/c1-38-10-7-19(25(38)29(45)33-8-9-34-30(31)32)37-27(43)22-11-16(14-40(22)3)35-26(42)21-12-17(15-39(21)2)36-28(44)24-13-18-20(41(46)47)5-4-6-23(18)48-24/h4-7,10-15H,8-9H2,1-3H3,(H,33,45)(H,35,42)(H,36,44)(H,37,43)(H4,31,32,34). The van der Waals surface area contributed by atoms with Gasteiger partial charge in [0.15, 0.2) is 11.7 Å². The summed E-state index contributed by atoms with van der Waals surface area (Å²) in [7, 11) is 4.88. The number of furan rings is 1. The van der Waals surface area contributed by atoms with Crippen LogP contribution in [0.1, 0.15) is 42.0 Å². The van der Waals surface area contributed by atoms with E-state index in [0.29, 0.717) is 5.69 Å². The van der Waals surface area contributed by atoms with E-state index in [1.54, 1.807) is 44.2 Å². The van der Waals surface area contributed by atoms with Gasteiger partial charge in [0.05, 0.1) is 33.9 Å². The van der Waals surface area contributed by atoms with Gasteiger partial charge in [-0.25, -0.2) is 0 Å². The molecule has 0 aliphatic heterocycles. The van der Waals surface area contributed by atoms with E-state index in [9.17, 15) is 29.3 Å². The molecule has 4 aromatic heterocycles.